The zero-order chi connectivity index (χ0) is 14.6. The number of hydrogen-bond donors (Lipinski definition) is 1. The molecule has 1 heterocycles. The Morgan fingerprint density at radius 2 is 1.90 bits per heavy atom. The summed E-state index contributed by atoms with van der Waals surface area (Å²) in [5, 5.41) is 0.542. The molecule has 0 saturated heterocycles. The fourth-order valence-electron chi connectivity index (χ4n) is 1.75. The Balaban J connectivity index is 2.10. The molecule has 0 amide bonds. The van der Waals surface area contributed by atoms with E-state index in [9.17, 15) is 8.42 Å². The number of sulfonamides is 1. The molecule has 0 saturated carbocycles. The van der Waals surface area contributed by atoms with Gasteiger partial charge in [0, 0.05) is 11.4 Å². The van der Waals surface area contributed by atoms with Gasteiger partial charge in [0.2, 0.25) is 10.0 Å². The molecule has 108 valence electrons. The summed E-state index contributed by atoms with van der Waals surface area (Å²) in [6, 6.07) is 12.7. The summed E-state index contributed by atoms with van der Waals surface area (Å²) in [7, 11) is -3.52. The van der Waals surface area contributed by atoms with Crippen molar-refractivity contribution in [3.8, 4) is 0 Å². The first-order valence-electron chi connectivity index (χ1n) is 5.89. The number of hydrogen-bond acceptors (Lipinski definition) is 3. The van der Waals surface area contributed by atoms with Crippen LogP contribution in [-0.4, -0.2) is 19.8 Å². The number of benzene rings is 1. The lowest BCUT2D eigenvalue weighted by Crippen LogP contribution is -2.37. The van der Waals surface area contributed by atoms with Crippen LogP contribution in [0.2, 0.25) is 4.34 Å². The monoisotopic (exact) mass is 393 g/mol. The Hall–Kier alpha value is -0.400. The first-order chi connectivity index (χ1) is 9.51. The smallest absolute Gasteiger partial charge is 0.206 e. The van der Waals surface area contributed by atoms with Crippen LogP contribution in [0.3, 0.4) is 0 Å². The first kappa shape index (κ1) is 16.0. The van der Waals surface area contributed by atoms with E-state index in [1.807, 2.05) is 30.3 Å². The Kier molecular flexibility index (Phi) is 5.63. The van der Waals surface area contributed by atoms with Crippen LogP contribution in [0.15, 0.2) is 46.7 Å². The molecule has 0 radical (unpaired) electrons. The molecule has 0 spiro atoms. The lowest BCUT2D eigenvalue weighted by atomic mass is 10.1. The van der Waals surface area contributed by atoms with Gasteiger partial charge in [0.05, 0.1) is 4.34 Å². The Bertz CT molecular complexity index is 658. The van der Waals surface area contributed by atoms with Crippen molar-refractivity contribution < 1.29 is 8.42 Å². The van der Waals surface area contributed by atoms with Crippen LogP contribution in [0.5, 0.6) is 0 Å². The fraction of sp³-hybridized carbons (Fsp3) is 0.231. The van der Waals surface area contributed by atoms with Crippen molar-refractivity contribution >= 4 is 48.9 Å². The van der Waals surface area contributed by atoms with E-state index in [0.717, 1.165) is 16.9 Å². The molecular weight excluding hydrogens is 382 g/mol. The zero-order valence-corrected chi connectivity index (χ0v) is 14.4. The van der Waals surface area contributed by atoms with Crippen LogP contribution >= 0.6 is 38.9 Å². The Labute approximate surface area is 136 Å². The fourth-order valence-corrected chi connectivity index (χ4v) is 5.09. The minimum atomic E-state index is -3.52. The summed E-state index contributed by atoms with van der Waals surface area (Å²) in [6.07, 6.45) is 0.629. The predicted octanol–water partition coefficient (Wildman–Crippen LogP) is 3.69. The van der Waals surface area contributed by atoms with Crippen LogP contribution in [0, 0.1) is 0 Å². The maximum atomic E-state index is 12.2. The van der Waals surface area contributed by atoms with Crippen LogP contribution < -0.4 is 4.72 Å². The molecular formula is C13H13BrClNO2S2. The summed E-state index contributed by atoms with van der Waals surface area (Å²) < 4.78 is 27.8. The van der Waals surface area contributed by atoms with Crippen molar-refractivity contribution in [2.75, 3.05) is 5.33 Å². The molecule has 1 aromatic heterocycles. The topological polar surface area (TPSA) is 46.2 Å². The number of rotatable bonds is 6. The van der Waals surface area contributed by atoms with E-state index in [1.165, 1.54) is 6.07 Å². The minimum Gasteiger partial charge on any atom is -0.206 e. The van der Waals surface area contributed by atoms with Crippen LogP contribution in [0.25, 0.3) is 0 Å². The van der Waals surface area contributed by atoms with E-state index in [0.29, 0.717) is 16.1 Å². The Morgan fingerprint density at radius 1 is 1.20 bits per heavy atom. The lowest BCUT2D eigenvalue weighted by molar-refractivity contribution is 0.564. The summed E-state index contributed by atoms with van der Waals surface area (Å²) >= 11 is 10.2. The second-order valence-corrected chi connectivity index (χ2v) is 8.52. The average Bonchev–Trinajstić information content (AvgIpc) is 2.86. The third-order valence-electron chi connectivity index (χ3n) is 2.65. The van der Waals surface area contributed by atoms with Crippen molar-refractivity contribution in [3.05, 3.63) is 52.4 Å². The number of nitrogens with one attached hydrogen (secondary N) is 1. The number of thiophene rings is 1. The Morgan fingerprint density at radius 3 is 2.45 bits per heavy atom. The van der Waals surface area contributed by atoms with Crippen LogP contribution in [0.4, 0.5) is 0 Å². The molecule has 0 aliphatic carbocycles. The van der Waals surface area contributed by atoms with Gasteiger partial charge in [-0.1, -0.05) is 57.9 Å². The molecule has 1 N–H and O–H groups in total. The van der Waals surface area contributed by atoms with Crippen molar-refractivity contribution in [2.45, 2.75) is 16.7 Å². The first-order valence-corrected chi connectivity index (χ1v) is 9.69. The normalized spacial score (nSPS) is 13.3. The van der Waals surface area contributed by atoms with Gasteiger partial charge in [0.1, 0.15) is 4.21 Å². The second kappa shape index (κ2) is 7.04. The van der Waals surface area contributed by atoms with Crippen molar-refractivity contribution in [3.63, 3.8) is 0 Å². The van der Waals surface area contributed by atoms with E-state index < -0.39 is 10.0 Å². The predicted molar refractivity (Wildman–Crippen MR) is 87.4 cm³/mol. The van der Waals surface area contributed by atoms with Gasteiger partial charge in [-0.3, -0.25) is 0 Å². The van der Waals surface area contributed by atoms with Crippen LogP contribution in [0.1, 0.15) is 5.56 Å². The number of alkyl halides is 1. The molecule has 2 rings (SSSR count). The number of halogens is 2. The van der Waals surface area contributed by atoms with Crippen molar-refractivity contribution in [2.24, 2.45) is 0 Å². The van der Waals surface area contributed by atoms with Gasteiger partial charge < -0.3 is 0 Å². The summed E-state index contributed by atoms with van der Waals surface area (Å²) in [5.41, 5.74) is 1.09. The van der Waals surface area contributed by atoms with Crippen molar-refractivity contribution in [1.29, 1.82) is 0 Å². The lowest BCUT2D eigenvalue weighted by Gasteiger charge is -2.15. The molecule has 1 unspecified atom stereocenters. The third-order valence-corrected chi connectivity index (χ3v) is 6.67. The quantitative estimate of drug-likeness (QED) is 0.760. The SMILES string of the molecule is O=S(=O)(NC(CBr)Cc1ccccc1)c1ccc(Cl)s1. The maximum Gasteiger partial charge on any atom is 0.250 e. The molecule has 1 aromatic carbocycles. The zero-order valence-electron chi connectivity index (χ0n) is 10.4. The van der Waals surface area contributed by atoms with Crippen LogP contribution in [-0.2, 0) is 16.4 Å². The molecule has 3 nitrogen and oxygen atoms in total. The van der Waals surface area contributed by atoms with Gasteiger partial charge in [0.15, 0.2) is 0 Å². The standard InChI is InChI=1S/C13H13BrClNO2S2/c14-9-11(8-10-4-2-1-3-5-10)16-20(17,18)13-7-6-12(15)19-13/h1-7,11,16H,8-9H2. The molecule has 0 fully saturated rings. The molecule has 2 aromatic rings. The molecule has 20 heavy (non-hydrogen) atoms. The maximum absolute atomic E-state index is 12.2. The molecule has 7 heteroatoms. The third kappa shape index (κ3) is 4.30. The molecule has 0 bridgehead atoms. The van der Waals surface area contributed by atoms with E-state index in [1.54, 1.807) is 6.07 Å². The highest BCUT2D eigenvalue weighted by Gasteiger charge is 2.21. The summed E-state index contributed by atoms with van der Waals surface area (Å²) in [6.45, 7) is 0. The minimum absolute atomic E-state index is 0.205. The van der Waals surface area contributed by atoms with Gasteiger partial charge in [-0.05, 0) is 24.1 Å². The molecule has 0 aliphatic heterocycles. The second-order valence-electron chi connectivity index (χ2n) is 4.22. The molecule has 0 aliphatic rings. The van der Waals surface area contributed by atoms with E-state index >= 15 is 0 Å². The van der Waals surface area contributed by atoms with E-state index in [-0.39, 0.29) is 10.3 Å². The van der Waals surface area contributed by atoms with Gasteiger partial charge >= 0.3 is 0 Å². The molecule has 1 atom stereocenters. The average molecular weight is 395 g/mol. The van der Waals surface area contributed by atoms with Gasteiger partial charge in [-0.2, -0.15) is 0 Å². The highest BCUT2D eigenvalue weighted by molar-refractivity contribution is 9.09. The van der Waals surface area contributed by atoms with Gasteiger partial charge in [-0.25, -0.2) is 13.1 Å². The highest BCUT2D eigenvalue weighted by Crippen LogP contribution is 2.25. The van der Waals surface area contributed by atoms with Gasteiger partial charge in [-0.15, -0.1) is 11.3 Å². The van der Waals surface area contributed by atoms with E-state index in [4.69, 9.17) is 11.6 Å². The summed E-state index contributed by atoms with van der Waals surface area (Å²) in [5.74, 6) is 0. The van der Waals surface area contributed by atoms with Crippen molar-refractivity contribution in [1.82, 2.24) is 4.72 Å². The van der Waals surface area contributed by atoms with E-state index in [2.05, 4.69) is 20.7 Å². The highest BCUT2D eigenvalue weighted by atomic mass is 79.9. The van der Waals surface area contributed by atoms with Gasteiger partial charge in [0.25, 0.3) is 0 Å². The largest absolute Gasteiger partial charge is 0.250 e. The summed E-state index contributed by atoms with van der Waals surface area (Å²) in [4.78, 5) is 0.